The summed E-state index contributed by atoms with van der Waals surface area (Å²) in [5.74, 6) is 1.39. The van der Waals surface area contributed by atoms with E-state index in [1.54, 1.807) is 11.8 Å². The number of carbonyl (C=O) groups is 1. The van der Waals surface area contributed by atoms with Crippen LogP contribution in [-0.2, 0) is 0 Å². The summed E-state index contributed by atoms with van der Waals surface area (Å²) in [5, 5.41) is 3.42. The molecule has 138 valence electrons. The molecule has 2 aromatic rings. The number of ketones is 1. The molecule has 3 rings (SSSR count). The molecule has 1 aliphatic rings. The van der Waals surface area contributed by atoms with Crippen molar-refractivity contribution in [1.82, 2.24) is 5.32 Å². The van der Waals surface area contributed by atoms with Gasteiger partial charge < -0.3 is 10.1 Å². The van der Waals surface area contributed by atoms with Crippen molar-refractivity contribution in [2.75, 3.05) is 26.0 Å². The summed E-state index contributed by atoms with van der Waals surface area (Å²) in [6, 6.07) is 12.3. The third kappa shape index (κ3) is 3.81. The average Bonchev–Trinajstić information content (AvgIpc) is 3.14. The molecule has 0 aromatic heterocycles. The van der Waals surface area contributed by atoms with E-state index in [2.05, 4.69) is 31.3 Å². The van der Waals surface area contributed by atoms with Crippen molar-refractivity contribution in [2.24, 2.45) is 5.92 Å². The topological polar surface area (TPSA) is 38.3 Å². The van der Waals surface area contributed by atoms with Gasteiger partial charge in [0, 0.05) is 35.4 Å². The van der Waals surface area contributed by atoms with Gasteiger partial charge in [-0.15, -0.1) is 11.8 Å². The number of benzene rings is 2. The molecule has 1 unspecified atom stereocenters. The monoisotopic (exact) mass is 369 g/mol. The van der Waals surface area contributed by atoms with E-state index in [0.717, 1.165) is 35.5 Å². The van der Waals surface area contributed by atoms with E-state index in [0.29, 0.717) is 6.61 Å². The lowest BCUT2D eigenvalue weighted by Gasteiger charge is -2.21. The fourth-order valence-corrected chi connectivity index (χ4v) is 4.25. The van der Waals surface area contributed by atoms with E-state index in [1.165, 1.54) is 10.5 Å². The lowest BCUT2D eigenvalue weighted by molar-refractivity contribution is 0.0920. The van der Waals surface area contributed by atoms with Gasteiger partial charge >= 0.3 is 0 Å². The van der Waals surface area contributed by atoms with Crippen LogP contribution >= 0.6 is 11.8 Å². The minimum Gasteiger partial charge on any atom is -0.493 e. The Balaban J connectivity index is 1.86. The van der Waals surface area contributed by atoms with Crippen molar-refractivity contribution in [3.05, 3.63) is 58.7 Å². The van der Waals surface area contributed by atoms with Gasteiger partial charge in [0.2, 0.25) is 0 Å². The highest BCUT2D eigenvalue weighted by Gasteiger charge is 2.34. The molecule has 1 heterocycles. The Morgan fingerprint density at radius 3 is 2.38 bits per heavy atom. The highest BCUT2D eigenvalue weighted by atomic mass is 32.2. The van der Waals surface area contributed by atoms with Crippen LogP contribution in [0.2, 0.25) is 0 Å². The molecule has 1 N–H and O–H groups in total. The zero-order valence-electron chi connectivity index (χ0n) is 16.0. The Hall–Kier alpha value is -1.78. The van der Waals surface area contributed by atoms with Crippen LogP contribution in [0, 0.1) is 19.8 Å². The van der Waals surface area contributed by atoms with Crippen LogP contribution in [0.15, 0.2) is 41.3 Å². The van der Waals surface area contributed by atoms with E-state index in [-0.39, 0.29) is 17.6 Å². The number of hydrogen-bond acceptors (Lipinski definition) is 4. The van der Waals surface area contributed by atoms with Crippen LogP contribution in [0.5, 0.6) is 5.75 Å². The first-order valence-electron chi connectivity index (χ1n) is 9.18. The van der Waals surface area contributed by atoms with Gasteiger partial charge in [-0.25, -0.2) is 0 Å². The van der Waals surface area contributed by atoms with Gasteiger partial charge in [0.05, 0.1) is 6.61 Å². The Morgan fingerprint density at radius 1 is 1.15 bits per heavy atom. The predicted molar refractivity (Wildman–Crippen MR) is 109 cm³/mol. The lowest BCUT2D eigenvalue weighted by Crippen LogP contribution is -2.22. The smallest absolute Gasteiger partial charge is 0.167 e. The largest absolute Gasteiger partial charge is 0.493 e. The van der Waals surface area contributed by atoms with E-state index in [9.17, 15) is 4.79 Å². The van der Waals surface area contributed by atoms with Crippen molar-refractivity contribution < 1.29 is 9.53 Å². The highest BCUT2D eigenvalue weighted by Crippen LogP contribution is 2.35. The fraction of sp³-hybridized carbons (Fsp3) is 0.409. The van der Waals surface area contributed by atoms with Gasteiger partial charge in [-0.3, -0.25) is 4.79 Å². The molecule has 3 nitrogen and oxygen atoms in total. The maximum absolute atomic E-state index is 13.1. The molecule has 0 aliphatic carbocycles. The molecule has 0 saturated carbocycles. The minimum atomic E-state index is -0.0214. The maximum Gasteiger partial charge on any atom is 0.167 e. The SMILES string of the molecule is CCOc1c(C)cc([C@H]2CNCC2C(=O)c2ccc(SC)cc2)cc1C. The zero-order valence-corrected chi connectivity index (χ0v) is 16.8. The molecule has 1 saturated heterocycles. The Kier molecular flexibility index (Phi) is 6.05. The van der Waals surface area contributed by atoms with E-state index in [1.807, 2.05) is 37.4 Å². The fourth-order valence-electron chi connectivity index (χ4n) is 3.84. The molecular formula is C22H27NO2S. The molecule has 1 fully saturated rings. The summed E-state index contributed by atoms with van der Waals surface area (Å²) < 4.78 is 5.77. The molecule has 4 heteroatoms. The second-order valence-electron chi connectivity index (χ2n) is 6.88. The highest BCUT2D eigenvalue weighted by molar-refractivity contribution is 7.98. The minimum absolute atomic E-state index is 0.0214. The van der Waals surface area contributed by atoms with Crippen molar-refractivity contribution in [2.45, 2.75) is 31.6 Å². The predicted octanol–water partition coefficient (Wildman–Crippen LogP) is 4.61. The third-order valence-electron chi connectivity index (χ3n) is 5.12. The summed E-state index contributed by atoms with van der Waals surface area (Å²) in [6.07, 6.45) is 2.05. The number of nitrogens with one attached hydrogen (secondary N) is 1. The molecule has 0 bridgehead atoms. The first-order valence-corrected chi connectivity index (χ1v) is 10.4. The first kappa shape index (κ1) is 19.0. The number of Topliss-reactive ketones (excluding diaryl/α,β-unsaturated/α-hetero) is 1. The van der Waals surface area contributed by atoms with Gasteiger partial charge in [-0.05, 0) is 55.9 Å². The lowest BCUT2D eigenvalue weighted by atomic mass is 9.82. The van der Waals surface area contributed by atoms with Crippen LogP contribution in [-0.4, -0.2) is 31.7 Å². The van der Waals surface area contributed by atoms with Crippen molar-refractivity contribution >= 4 is 17.5 Å². The van der Waals surface area contributed by atoms with Crippen LogP contribution < -0.4 is 10.1 Å². The summed E-state index contributed by atoms with van der Waals surface area (Å²) >= 11 is 1.69. The Morgan fingerprint density at radius 2 is 1.81 bits per heavy atom. The summed E-state index contributed by atoms with van der Waals surface area (Å²) in [6.45, 7) is 8.42. The summed E-state index contributed by atoms with van der Waals surface area (Å²) in [7, 11) is 0. The first-order chi connectivity index (χ1) is 12.5. The summed E-state index contributed by atoms with van der Waals surface area (Å²) in [4.78, 5) is 14.3. The number of hydrogen-bond donors (Lipinski definition) is 1. The normalized spacial score (nSPS) is 19.5. The molecule has 0 spiro atoms. The zero-order chi connectivity index (χ0) is 18.7. The Bertz CT molecular complexity index is 762. The maximum atomic E-state index is 13.1. The molecule has 0 amide bonds. The van der Waals surface area contributed by atoms with Crippen LogP contribution in [0.25, 0.3) is 0 Å². The Labute approximate surface area is 160 Å². The quantitative estimate of drug-likeness (QED) is 0.596. The van der Waals surface area contributed by atoms with Crippen molar-refractivity contribution in [1.29, 1.82) is 0 Å². The van der Waals surface area contributed by atoms with Crippen LogP contribution in [0.3, 0.4) is 0 Å². The molecule has 26 heavy (non-hydrogen) atoms. The van der Waals surface area contributed by atoms with Gasteiger partial charge in [0.25, 0.3) is 0 Å². The number of aryl methyl sites for hydroxylation is 2. The van der Waals surface area contributed by atoms with E-state index in [4.69, 9.17) is 4.74 Å². The second kappa shape index (κ2) is 8.28. The number of carbonyl (C=O) groups excluding carboxylic acids is 1. The molecule has 2 atom stereocenters. The van der Waals surface area contributed by atoms with Gasteiger partial charge in [-0.2, -0.15) is 0 Å². The molecular weight excluding hydrogens is 342 g/mol. The van der Waals surface area contributed by atoms with Crippen molar-refractivity contribution in [3.63, 3.8) is 0 Å². The van der Waals surface area contributed by atoms with Crippen LogP contribution in [0.4, 0.5) is 0 Å². The molecule has 1 aliphatic heterocycles. The average molecular weight is 370 g/mol. The number of rotatable bonds is 6. The second-order valence-corrected chi connectivity index (χ2v) is 7.76. The van der Waals surface area contributed by atoms with Gasteiger partial charge in [-0.1, -0.05) is 24.3 Å². The van der Waals surface area contributed by atoms with Gasteiger partial charge in [0.15, 0.2) is 5.78 Å². The van der Waals surface area contributed by atoms with Gasteiger partial charge in [0.1, 0.15) is 5.75 Å². The number of ether oxygens (including phenoxy) is 1. The number of thioether (sulfide) groups is 1. The molecule has 0 radical (unpaired) electrons. The van der Waals surface area contributed by atoms with Crippen LogP contribution in [0.1, 0.15) is 39.9 Å². The van der Waals surface area contributed by atoms with E-state index >= 15 is 0 Å². The standard InChI is InChI=1S/C22H27NO2S/c1-5-25-22-14(2)10-17(11-15(22)3)19-12-23-13-20(19)21(24)16-6-8-18(26-4)9-7-16/h6-11,19-20,23H,5,12-13H2,1-4H3/t19-,20?/m1/s1. The summed E-state index contributed by atoms with van der Waals surface area (Å²) in [5.41, 5.74) is 4.32. The van der Waals surface area contributed by atoms with E-state index < -0.39 is 0 Å². The van der Waals surface area contributed by atoms with Crippen molar-refractivity contribution in [3.8, 4) is 5.75 Å². The molecule has 2 aromatic carbocycles. The third-order valence-corrected chi connectivity index (χ3v) is 5.87.